The number of ketones is 1. The van der Waals surface area contributed by atoms with E-state index in [-0.39, 0.29) is 11.4 Å². The molecule has 0 aliphatic heterocycles. The van der Waals surface area contributed by atoms with Crippen molar-refractivity contribution in [2.45, 2.75) is 52.1 Å². The van der Waals surface area contributed by atoms with Crippen molar-refractivity contribution in [2.24, 2.45) is 5.92 Å². The van der Waals surface area contributed by atoms with E-state index >= 15 is 0 Å². The first-order chi connectivity index (χ1) is 8.57. The van der Waals surface area contributed by atoms with Crippen LogP contribution < -0.4 is 0 Å². The molecule has 3 nitrogen and oxygen atoms in total. The van der Waals surface area contributed by atoms with Crippen LogP contribution in [0.4, 0.5) is 0 Å². The van der Waals surface area contributed by atoms with Crippen LogP contribution in [0.3, 0.4) is 0 Å². The van der Waals surface area contributed by atoms with Gasteiger partial charge in [-0.1, -0.05) is 13.3 Å². The number of nitrogens with zero attached hydrogens (tertiary/aromatic N) is 1. The van der Waals surface area contributed by atoms with E-state index in [1.807, 2.05) is 6.92 Å². The fraction of sp³-hybridized carbons (Fsp3) is 0.714. The zero-order valence-electron chi connectivity index (χ0n) is 11.4. The minimum absolute atomic E-state index is 0.0919. The number of ether oxygens (including phenoxy) is 1. The van der Waals surface area contributed by atoms with Crippen LogP contribution in [-0.4, -0.2) is 17.4 Å². The van der Waals surface area contributed by atoms with E-state index in [2.05, 4.69) is 11.9 Å². The summed E-state index contributed by atoms with van der Waals surface area (Å²) in [6, 6.07) is 0. The molecule has 100 valence electrons. The first kappa shape index (κ1) is 13.7. The predicted molar refractivity (Wildman–Crippen MR) is 73.1 cm³/mol. The van der Waals surface area contributed by atoms with Crippen LogP contribution in [0.5, 0.6) is 0 Å². The van der Waals surface area contributed by atoms with Gasteiger partial charge in [0, 0.05) is 19.7 Å². The van der Waals surface area contributed by atoms with Crippen LogP contribution in [0.2, 0.25) is 0 Å². The summed E-state index contributed by atoms with van der Waals surface area (Å²) in [6.07, 6.45) is 6.18. The zero-order chi connectivity index (χ0) is 13.2. The van der Waals surface area contributed by atoms with Crippen LogP contribution in [0.15, 0.2) is 6.20 Å². The van der Waals surface area contributed by atoms with Crippen LogP contribution in [0.25, 0.3) is 0 Å². The number of hydrogen-bond acceptors (Lipinski definition) is 4. The van der Waals surface area contributed by atoms with Crippen LogP contribution >= 0.6 is 11.3 Å². The van der Waals surface area contributed by atoms with E-state index < -0.39 is 0 Å². The third-order valence-electron chi connectivity index (χ3n) is 3.62. The molecule has 1 aromatic heterocycles. The molecule has 0 aromatic carbocycles. The van der Waals surface area contributed by atoms with Gasteiger partial charge in [0.15, 0.2) is 5.78 Å². The highest BCUT2D eigenvalue weighted by atomic mass is 32.1. The molecule has 2 rings (SSSR count). The molecule has 0 spiro atoms. The Labute approximate surface area is 113 Å². The minimum atomic E-state index is -0.245. The van der Waals surface area contributed by atoms with Crippen LogP contribution in [0.1, 0.15) is 61.1 Å². The fourth-order valence-corrected chi connectivity index (χ4v) is 3.81. The second kappa shape index (κ2) is 5.49. The molecule has 1 fully saturated rings. The van der Waals surface area contributed by atoms with Crippen molar-refractivity contribution in [3.05, 3.63) is 16.1 Å². The van der Waals surface area contributed by atoms with Gasteiger partial charge in [0.05, 0.1) is 4.88 Å². The maximum absolute atomic E-state index is 11.4. The van der Waals surface area contributed by atoms with Crippen molar-refractivity contribution in [1.29, 1.82) is 0 Å². The summed E-state index contributed by atoms with van der Waals surface area (Å²) in [4.78, 5) is 16.6. The number of thiazole rings is 1. The maximum Gasteiger partial charge on any atom is 0.171 e. The van der Waals surface area contributed by atoms with E-state index in [9.17, 15) is 4.79 Å². The number of Topliss-reactive ketones (excluding diaryl/α,β-unsaturated/α-hetero) is 1. The van der Waals surface area contributed by atoms with Crippen molar-refractivity contribution < 1.29 is 9.53 Å². The summed E-state index contributed by atoms with van der Waals surface area (Å²) >= 11 is 1.50. The highest BCUT2D eigenvalue weighted by Crippen LogP contribution is 2.44. The average Bonchev–Trinajstić information content (AvgIpc) is 2.79. The van der Waals surface area contributed by atoms with E-state index in [0.29, 0.717) is 12.5 Å². The van der Waals surface area contributed by atoms with Gasteiger partial charge in [-0.25, -0.2) is 4.98 Å². The highest BCUT2D eigenvalue weighted by molar-refractivity contribution is 7.13. The lowest BCUT2D eigenvalue weighted by molar-refractivity contribution is -0.0820. The molecule has 1 heterocycles. The van der Waals surface area contributed by atoms with E-state index in [1.165, 1.54) is 24.2 Å². The van der Waals surface area contributed by atoms with Gasteiger partial charge in [-0.05, 0) is 32.1 Å². The SMILES string of the molecule is CCOC1(c2ncc(C(C)=O)s2)CCCC(C)C1. The Bertz CT molecular complexity index is 425. The molecule has 1 aromatic rings. The van der Waals surface area contributed by atoms with Gasteiger partial charge in [-0.2, -0.15) is 0 Å². The lowest BCUT2D eigenvalue weighted by Gasteiger charge is -2.38. The molecule has 0 saturated heterocycles. The van der Waals surface area contributed by atoms with Crippen LogP contribution in [0, 0.1) is 5.92 Å². The standard InChI is InChI=1S/C14H21NO2S/c1-4-17-14(7-5-6-10(2)8-14)13-15-9-12(18-13)11(3)16/h9-10H,4-8H2,1-3H3. The second-order valence-electron chi connectivity index (χ2n) is 5.21. The van der Waals surface area contributed by atoms with Crippen molar-refractivity contribution in [3.8, 4) is 0 Å². The number of carbonyl (C=O) groups excluding carboxylic acids is 1. The molecular formula is C14H21NO2S. The van der Waals surface area contributed by atoms with Gasteiger partial charge in [0.2, 0.25) is 0 Å². The number of carbonyl (C=O) groups is 1. The largest absolute Gasteiger partial charge is 0.368 e. The summed E-state index contributed by atoms with van der Waals surface area (Å²) in [5.74, 6) is 0.754. The molecule has 4 heteroatoms. The molecule has 2 unspecified atom stereocenters. The third kappa shape index (κ3) is 2.64. The van der Waals surface area contributed by atoms with Crippen LogP contribution in [-0.2, 0) is 10.3 Å². The summed E-state index contributed by atoms with van der Waals surface area (Å²) in [5.41, 5.74) is -0.245. The number of aromatic nitrogens is 1. The van der Waals surface area contributed by atoms with Gasteiger partial charge < -0.3 is 4.74 Å². The molecular weight excluding hydrogens is 246 g/mol. The summed E-state index contributed by atoms with van der Waals surface area (Å²) in [7, 11) is 0. The Hall–Kier alpha value is -0.740. The Morgan fingerprint density at radius 2 is 2.44 bits per heavy atom. The van der Waals surface area contributed by atoms with Gasteiger partial charge in [-0.15, -0.1) is 11.3 Å². The molecule has 1 aliphatic carbocycles. The molecule has 0 bridgehead atoms. The maximum atomic E-state index is 11.4. The quantitative estimate of drug-likeness (QED) is 0.779. The monoisotopic (exact) mass is 267 g/mol. The van der Waals surface area contributed by atoms with Crippen molar-refractivity contribution in [3.63, 3.8) is 0 Å². The van der Waals surface area contributed by atoms with E-state index in [4.69, 9.17) is 4.74 Å². The molecule has 0 amide bonds. The lowest BCUT2D eigenvalue weighted by Crippen LogP contribution is -2.35. The third-order valence-corrected chi connectivity index (χ3v) is 4.90. The highest BCUT2D eigenvalue weighted by Gasteiger charge is 2.40. The molecule has 1 saturated carbocycles. The molecule has 2 atom stereocenters. The molecule has 18 heavy (non-hydrogen) atoms. The normalized spacial score (nSPS) is 28.3. The Morgan fingerprint density at radius 3 is 3.00 bits per heavy atom. The Kier molecular flexibility index (Phi) is 4.17. The second-order valence-corrected chi connectivity index (χ2v) is 6.25. The van der Waals surface area contributed by atoms with Crippen molar-refractivity contribution in [2.75, 3.05) is 6.61 Å². The molecule has 0 N–H and O–H groups in total. The molecule has 1 aliphatic rings. The van der Waals surface area contributed by atoms with Gasteiger partial charge >= 0.3 is 0 Å². The average molecular weight is 267 g/mol. The van der Waals surface area contributed by atoms with E-state index in [1.54, 1.807) is 13.1 Å². The Morgan fingerprint density at radius 1 is 1.67 bits per heavy atom. The topological polar surface area (TPSA) is 39.2 Å². The van der Waals surface area contributed by atoms with Gasteiger partial charge in [0.25, 0.3) is 0 Å². The number of rotatable bonds is 4. The zero-order valence-corrected chi connectivity index (χ0v) is 12.2. The number of hydrogen-bond donors (Lipinski definition) is 0. The summed E-state index contributed by atoms with van der Waals surface area (Å²) in [6.45, 7) is 6.59. The smallest absolute Gasteiger partial charge is 0.171 e. The predicted octanol–water partition coefficient (Wildman–Crippen LogP) is 3.79. The minimum Gasteiger partial charge on any atom is -0.368 e. The Balaban J connectivity index is 2.30. The van der Waals surface area contributed by atoms with Crippen molar-refractivity contribution >= 4 is 17.1 Å². The molecule has 0 radical (unpaired) electrons. The summed E-state index contributed by atoms with van der Waals surface area (Å²) in [5, 5.41) is 0.987. The summed E-state index contributed by atoms with van der Waals surface area (Å²) < 4.78 is 6.06. The van der Waals surface area contributed by atoms with Gasteiger partial charge in [0.1, 0.15) is 10.6 Å². The first-order valence-electron chi connectivity index (χ1n) is 6.68. The lowest BCUT2D eigenvalue weighted by atomic mass is 9.79. The van der Waals surface area contributed by atoms with Gasteiger partial charge in [-0.3, -0.25) is 4.79 Å². The first-order valence-corrected chi connectivity index (χ1v) is 7.50. The van der Waals surface area contributed by atoms with Crippen molar-refractivity contribution in [1.82, 2.24) is 4.98 Å². The fourth-order valence-electron chi connectivity index (χ4n) is 2.81. The van der Waals surface area contributed by atoms with E-state index in [0.717, 1.165) is 22.7 Å².